The molecule has 0 N–H and O–H groups in total. The fourth-order valence-electron chi connectivity index (χ4n) is 2.99. The van der Waals surface area contributed by atoms with Gasteiger partial charge in [-0.2, -0.15) is 8.78 Å². The van der Waals surface area contributed by atoms with Gasteiger partial charge in [0.15, 0.2) is 28.8 Å². The SMILES string of the molecule is COc1ccccc1OCc1ccc(C(=O)N(C)Cc2ccc(OC(F)F)c(OC)c2)o1. The third-order valence-corrected chi connectivity index (χ3v) is 4.52. The molecule has 0 fully saturated rings. The second-order valence-electron chi connectivity index (χ2n) is 6.73. The quantitative estimate of drug-likeness (QED) is 0.447. The maximum atomic E-state index is 12.7. The van der Waals surface area contributed by atoms with Crippen LogP contribution >= 0.6 is 0 Å². The van der Waals surface area contributed by atoms with Crippen molar-refractivity contribution in [3.8, 4) is 23.0 Å². The summed E-state index contributed by atoms with van der Waals surface area (Å²) in [5.74, 6) is 1.50. The Kier molecular flexibility index (Phi) is 7.54. The number of hydrogen-bond donors (Lipinski definition) is 0. The number of alkyl halides is 2. The minimum Gasteiger partial charge on any atom is -0.493 e. The second-order valence-corrected chi connectivity index (χ2v) is 6.73. The summed E-state index contributed by atoms with van der Waals surface area (Å²) in [5, 5.41) is 0. The van der Waals surface area contributed by atoms with E-state index in [1.807, 2.05) is 12.1 Å². The molecular formula is C23H23F2NO6. The fourth-order valence-corrected chi connectivity index (χ4v) is 2.99. The van der Waals surface area contributed by atoms with Gasteiger partial charge in [-0.25, -0.2) is 0 Å². The Labute approximate surface area is 184 Å². The van der Waals surface area contributed by atoms with Gasteiger partial charge in [0.25, 0.3) is 5.91 Å². The lowest BCUT2D eigenvalue weighted by molar-refractivity contribution is -0.0512. The molecule has 0 bridgehead atoms. The van der Waals surface area contributed by atoms with Crippen molar-refractivity contribution in [3.63, 3.8) is 0 Å². The van der Waals surface area contributed by atoms with Gasteiger partial charge in [0.1, 0.15) is 12.4 Å². The van der Waals surface area contributed by atoms with E-state index in [-0.39, 0.29) is 36.3 Å². The summed E-state index contributed by atoms with van der Waals surface area (Å²) in [5.41, 5.74) is 0.672. The maximum Gasteiger partial charge on any atom is 0.387 e. The Morgan fingerprint density at radius 3 is 2.38 bits per heavy atom. The minimum absolute atomic E-state index is 0.0778. The molecule has 0 atom stereocenters. The Bertz CT molecular complexity index is 1050. The van der Waals surface area contributed by atoms with E-state index in [1.54, 1.807) is 44.5 Å². The van der Waals surface area contributed by atoms with Gasteiger partial charge >= 0.3 is 6.61 Å². The van der Waals surface area contributed by atoms with Crippen molar-refractivity contribution in [1.29, 1.82) is 0 Å². The van der Waals surface area contributed by atoms with Crippen LogP contribution in [0.15, 0.2) is 59.0 Å². The number of ether oxygens (including phenoxy) is 4. The number of hydrogen-bond acceptors (Lipinski definition) is 6. The van der Waals surface area contributed by atoms with E-state index in [2.05, 4.69) is 4.74 Å². The lowest BCUT2D eigenvalue weighted by atomic mass is 10.2. The molecule has 9 heteroatoms. The van der Waals surface area contributed by atoms with Crippen LogP contribution in [0.25, 0.3) is 0 Å². The number of methoxy groups -OCH3 is 2. The molecule has 0 aliphatic heterocycles. The van der Waals surface area contributed by atoms with Gasteiger partial charge in [-0.05, 0) is 42.0 Å². The predicted octanol–water partition coefficient (Wildman–Crippen LogP) is 4.75. The molecule has 2 aromatic carbocycles. The molecule has 170 valence electrons. The maximum absolute atomic E-state index is 12.7. The fraction of sp³-hybridized carbons (Fsp3) is 0.261. The Morgan fingerprint density at radius 2 is 1.69 bits per heavy atom. The van der Waals surface area contributed by atoms with E-state index in [0.29, 0.717) is 22.8 Å². The normalized spacial score (nSPS) is 10.7. The highest BCUT2D eigenvalue weighted by molar-refractivity contribution is 5.91. The van der Waals surface area contributed by atoms with Gasteiger partial charge < -0.3 is 28.3 Å². The van der Waals surface area contributed by atoms with Crippen molar-refractivity contribution < 1.29 is 36.9 Å². The molecule has 7 nitrogen and oxygen atoms in total. The van der Waals surface area contributed by atoms with Crippen LogP contribution in [-0.2, 0) is 13.2 Å². The van der Waals surface area contributed by atoms with Crippen molar-refractivity contribution in [2.45, 2.75) is 19.8 Å². The number of furan rings is 1. The van der Waals surface area contributed by atoms with Crippen LogP contribution in [0, 0.1) is 0 Å². The third-order valence-electron chi connectivity index (χ3n) is 4.52. The molecule has 32 heavy (non-hydrogen) atoms. The summed E-state index contributed by atoms with van der Waals surface area (Å²) >= 11 is 0. The summed E-state index contributed by atoms with van der Waals surface area (Å²) in [4.78, 5) is 14.2. The monoisotopic (exact) mass is 447 g/mol. The van der Waals surface area contributed by atoms with Crippen molar-refractivity contribution in [2.75, 3.05) is 21.3 Å². The van der Waals surface area contributed by atoms with Gasteiger partial charge in [-0.1, -0.05) is 18.2 Å². The molecule has 1 amide bonds. The molecule has 3 rings (SSSR count). The van der Waals surface area contributed by atoms with E-state index in [9.17, 15) is 13.6 Å². The van der Waals surface area contributed by atoms with Crippen molar-refractivity contribution in [3.05, 3.63) is 71.7 Å². The van der Waals surface area contributed by atoms with Crippen LogP contribution in [0.4, 0.5) is 8.78 Å². The Hall–Kier alpha value is -3.75. The topological polar surface area (TPSA) is 70.4 Å². The van der Waals surface area contributed by atoms with E-state index in [0.717, 1.165) is 0 Å². The standard InChI is InChI=1S/C23H23F2NO6/c1-26(13-15-8-10-19(32-23(24)25)21(12-15)29-3)22(27)20-11-9-16(31-20)14-30-18-7-5-4-6-17(18)28-2/h4-12,23H,13-14H2,1-3H3. The summed E-state index contributed by atoms with van der Waals surface area (Å²) in [7, 11) is 4.51. The first-order chi connectivity index (χ1) is 15.4. The van der Waals surface area contributed by atoms with Crippen LogP contribution in [-0.4, -0.2) is 38.7 Å². The zero-order chi connectivity index (χ0) is 23.1. The van der Waals surface area contributed by atoms with Crippen LogP contribution in [0.3, 0.4) is 0 Å². The molecule has 3 aromatic rings. The smallest absolute Gasteiger partial charge is 0.387 e. The minimum atomic E-state index is -2.96. The van der Waals surface area contributed by atoms with Crippen LogP contribution in [0.5, 0.6) is 23.0 Å². The van der Waals surface area contributed by atoms with E-state index >= 15 is 0 Å². The van der Waals surface area contributed by atoms with Crippen LogP contribution in [0.1, 0.15) is 21.9 Å². The highest BCUT2D eigenvalue weighted by Gasteiger charge is 2.18. The zero-order valence-electron chi connectivity index (χ0n) is 17.8. The average molecular weight is 447 g/mol. The van der Waals surface area contributed by atoms with Crippen LogP contribution < -0.4 is 18.9 Å². The van der Waals surface area contributed by atoms with E-state index < -0.39 is 6.61 Å². The number of para-hydroxylation sites is 2. The van der Waals surface area contributed by atoms with Gasteiger partial charge in [0.05, 0.1) is 14.2 Å². The molecule has 0 spiro atoms. The highest BCUT2D eigenvalue weighted by atomic mass is 19.3. The number of rotatable bonds is 10. The second kappa shape index (κ2) is 10.5. The molecule has 0 saturated carbocycles. The van der Waals surface area contributed by atoms with Gasteiger partial charge in [-0.3, -0.25) is 4.79 Å². The summed E-state index contributed by atoms with van der Waals surface area (Å²) in [6.45, 7) is -2.63. The van der Waals surface area contributed by atoms with Gasteiger partial charge in [0, 0.05) is 13.6 Å². The van der Waals surface area contributed by atoms with E-state index in [1.165, 1.54) is 24.1 Å². The largest absolute Gasteiger partial charge is 0.493 e. The molecule has 0 radical (unpaired) electrons. The van der Waals surface area contributed by atoms with Crippen molar-refractivity contribution >= 4 is 5.91 Å². The molecular weight excluding hydrogens is 424 g/mol. The van der Waals surface area contributed by atoms with Gasteiger partial charge in [0.2, 0.25) is 0 Å². The first-order valence-electron chi connectivity index (χ1n) is 9.63. The molecule has 0 aliphatic rings. The molecule has 0 saturated heterocycles. The lowest BCUT2D eigenvalue weighted by Gasteiger charge is -2.17. The Balaban J connectivity index is 1.62. The summed E-state index contributed by atoms with van der Waals surface area (Å²) in [6.07, 6.45) is 0. The van der Waals surface area contributed by atoms with Crippen LogP contribution in [0.2, 0.25) is 0 Å². The molecule has 1 heterocycles. The number of amides is 1. The highest BCUT2D eigenvalue weighted by Crippen LogP contribution is 2.30. The molecule has 0 unspecified atom stereocenters. The van der Waals surface area contributed by atoms with E-state index in [4.69, 9.17) is 18.6 Å². The zero-order valence-corrected chi connectivity index (χ0v) is 17.8. The number of halogens is 2. The lowest BCUT2D eigenvalue weighted by Crippen LogP contribution is -2.25. The number of nitrogens with zero attached hydrogens (tertiary/aromatic N) is 1. The summed E-state index contributed by atoms with van der Waals surface area (Å²) < 4.78 is 51.0. The summed E-state index contributed by atoms with van der Waals surface area (Å²) in [6, 6.07) is 14.9. The average Bonchev–Trinajstić information content (AvgIpc) is 3.27. The number of carbonyl (C=O) groups is 1. The first kappa shape index (κ1) is 22.9. The van der Waals surface area contributed by atoms with Crippen molar-refractivity contribution in [1.82, 2.24) is 4.90 Å². The van der Waals surface area contributed by atoms with Gasteiger partial charge in [-0.15, -0.1) is 0 Å². The number of carbonyl (C=O) groups excluding carboxylic acids is 1. The van der Waals surface area contributed by atoms with Crippen molar-refractivity contribution in [2.24, 2.45) is 0 Å². The predicted molar refractivity (Wildman–Crippen MR) is 111 cm³/mol. The number of benzene rings is 2. The molecule has 0 aliphatic carbocycles. The molecule has 1 aromatic heterocycles. The Morgan fingerprint density at radius 1 is 0.969 bits per heavy atom. The third kappa shape index (κ3) is 5.69. The first-order valence-corrected chi connectivity index (χ1v) is 9.63.